The molecule has 0 spiro atoms. The van der Waals surface area contributed by atoms with Crippen LogP contribution in [0.25, 0.3) is 0 Å². The number of nitrogens with zero attached hydrogens (tertiary/aromatic N) is 3. The van der Waals surface area contributed by atoms with Gasteiger partial charge < -0.3 is 34.3 Å². The van der Waals surface area contributed by atoms with Gasteiger partial charge in [0, 0.05) is 61.9 Å². The van der Waals surface area contributed by atoms with Gasteiger partial charge in [-0.3, -0.25) is 9.69 Å². The summed E-state index contributed by atoms with van der Waals surface area (Å²) in [6, 6.07) is 16.5. The molecule has 1 fully saturated rings. The smallest absolute Gasteiger partial charge is 0.226 e. The van der Waals surface area contributed by atoms with E-state index in [0.29, 0.717) is 6.42 Å². The topological polar surface area (TPSA) is 116 Å². The molecule has 9 nitrogen and oxygen atoms in total. The number of amides is 1. The summed E-state index contributed by atoms with van der Waals surface area (Å²) < 4.78 is 6.39. The molecule has 1 heterocycles. The van der Waals surface area contributed by atoms with Crippen LogP contribution >= 0.6 is 15.9 Å². The van der Waals surface area contributed by atoms with E-state index >= 15 is 0 Å². The molecular formula is C27H34BrN3O6-2. The lowest BCUT2D eigenvalue weighted by molar-refractivity contribution is -0.345. The minimum Gasteiger partial charge on any atom is -0.543 e. The maximum atomic E-state index is 12.7. The van der Waals surface area contributed by atoms with E-state index in [9.17, 15) is 4.79 Å². The number of carboxylic acids is 2. The van der Waals surface area contributed by atoms with Crippen LogP contribution in [-0.4, -0.2) is 80.1 Å². The molecule has 0 aliphatic carbocycles. The number of hydrogen-bond donors (Lipinski definition) is 0. The highest BCUT2D eigenvalue weighted by molar-refractivity contribution is 9.10. The number of aliphatic carboxylic acids is 2. The summed E-state index contributed by atoms with van der Waals surface area (Å²) in [6.45, 7) is 10.3. The number of carbonyl (C=O) groups is 3. The number of rotatable bonds is 9. The van der Waals surface area contributed by atoms with Gasteiger partial charge in [-0.25, -0.2) is 0 Å². The van der Waals surface area contributed by atoms with Gasteiger partial charge in [0.15, 0.2) is 0 Å². The number of benzene rings is 2. The normalized spacial score (nSPS) is 14.7. The van der Waals surface area contributed by atoms with E-state index in [4.69, 9.17) is 24.5 Å². The van der Waals surface area contributed by atoms with Crippen LogP contribution in [0.2, 0.25) is 0 Å². The van der Waals surface area contributed by atoms with Crippen LogP contribution in [0, 0.1) is 0 Å². The first-order valence-electron chi connectivity index (χ1n) is 12.2. The van der Waals surface area contributed by atoms with Crippen molar-refractivity contribution in [1.82, 2.24) is 9.80 Å². The second kappa shape index (κ2) is 15.3. The van der Waals surface area contributed by atoms with E-state index in [2.05, 4.69) is 56.9 Å². The first-order chi connectivity index (χ1) is 17.6. The van der Waals surface area contributed by atoms with Gasteiger partial charge in [-0.1, -0.05) is 35.0 Å². The molecule has 0 N–H and O–H groups in total. The molecule has 1 unspecified atom stereocenters. The molecule has 202 valence electrons. The summed E-state index contributed by atoms with van der Waals surface area (Å²) >= 11 is 3.50. The molecule has 3 rings (SSSR count). The van der Waals surface area contributed by atoms with Crippen LogP contribution in [-0.2, 0) is 20.8 Å². The van der Waals surface area contributed by atoms with Gasteiger partial charge in [-0.2, -0.15) is 0 Å². The first kappa shape index (κ1) is 30.3. The van der Waals surface area contributed by atoms with Crippen molar-refractivity contribution < 1.29 is 29.3 Å². The summed E-state index contributed by atoms with van der Waals surface area (Å²) in [5.74, 6) is -3.41. The third-order valence-electron chi connectivity index (χ3n) is 6.15. The van der Waals surface area contributed by atoms with Crippen LogP contribution in [0.15, 0.2) is 53.0 Å². The molecule has 0 radical (unpaired) electrons. The number of methoxy groups -OCH3 is 1. The summed E-state index contributed by atoms with van der Waals surface area (Å²) in [4.78, 5) is 37.5. The summed E-state index contributed by atoms with van der Waals surface area (Å²) in [5.41, 5.74) is 2.32. The quantitative estimate of drug-likeness (QED) is 0.405. The van der Waals surface area contributed by atoms with E-state index in [1.54, 1.807) is 7.11 Å². The van der Waals surface area contributed by atoms with Crippen molar-refractivity contribution in [3.63, 3.8) is 0 Å². The molecule has 1 saturated heterocycles. The highest BCUT2D eigenvalue weighted by Gasteiger charge is 2.25. The lowest BCUT2D eigenvalue weighted by Crippen LogP contribution is -2.52. The number of carbonyl (C=O) groups excluding carboxylic acids is 3. The van der Waals surface area contributed by atoms with E-state index in [1.165, 1.54) is 5.56 Å². The Bertz CT molecular complexity index is 996. The Morgan fingerprint density at radius 3 is 1.97 bits per heavy atom. The standard InChI is InChI=1S/C25H34BrN3O2.C2H2O4/c1-4-25(30)29(23-9-11-24(31-3)12-10-23)20(2)19-28-17-15-27(16-18-28)14-13-21-5-7-22(26)8-6-21;3-1(4)2(5)6/h5-12,20H,4,13-19H2,1-3H3;(H,3,4)(H,5,6)/p-2. The maximum absolute atomic E-state index is 12.7. The van der Waals surface area contributed by atoms with Gasteiger partial charge in [0.1, 0.15) is 5.75 Å². The molecule has 2 aromatic rings. The summed E-state index contributed by atoms with van der Waals surface area (Å²) in [5, 5.41) is 17.9. The van der Waals surface area contributed by atoms with Crippen LogP contribution in [0.4, 0.5) is 5.69 Å². The fourth-order valence-corrected chi connectivity index (χ4v) is 4.41. The van der Waals surface area contributed by atoms with Crippen LogP contribution in [0.3, 0.4) is 0 Å². The highest BCUT2D eigenvalue weighted by atomic mass is 79.9. The molecule has 1 aliphatic heterocycles. The van der Waals surface area contributed by atoms with Crippen molar-refractivity contribution >= 4 is 39.5 Å². The van der Waals surface area contributed by atoms with Crippen molar-refractivity contribution in [3.05, 3.63) is 58.6 Å². The van der Waals surface area contributed by atoms with E-state index in [-0.39, 0.29) is 11.9 Å². The van der Waals surface area contributed by atoms with Crippen molar-refractivity contribution in [3.8, 4) is 5.75 Å². The predicted molar refractivity (Wildman–Crippen MR) is 141 cm³/mol. The number of piperazine rings is 1. The van der Waals surface area contributed by atoms with E-state index in [0.717, 1.165) is 61.6 Å². The highest BCUT2D eigenvalue weighted by Crippen LogP contribution is 2.23. The van der Waals surface area contributed by atoms with E-state index < -0.39 is 11.9 Å². The monoisotopic (exact) mass is 575 g/mol. The Hall–Kier alpha value is -2.95. The van der Waals surface area contributed by atoms with Crippen molar-refractivity contribution in [2.45, 2.75) is 32.7 Å². The lowest BCUT2D eigenvalue weighted by atomic mass is 10.1. The SMILES string of the molecule is CCC(=O)N(c1ccc(OC)cc1)C(C)CN1CCN(CCc2ccc(Br)cc2)CC1.O=C([O-])C(=O)[O-]. The fourth-order valence-electron chi connectivity index (χ4n) is 4.15. The van der Waals surface area contributed by atoms with E-state index in [1.807, 2.05) is 36.1 Å². The van der Waals surface area contributed by atoms with Crippen molar-refractivity contribution in [1.29, 1.82) is 0 Å². The second-order valence-corrected chi connectivity index (χ2v) is 9.67. The summed E-state index contributed by atoms with van der Waals surface area (Å²) in [6.07, 6.45) is 1.58. The van der Waals surface area contributed by atoms with Crippen LogP contribution in [0.5, 0.6) is 5.75 Å². The molecule has 1 amide bonds. The molecule has 0 aromatic heterocycles. The largest absolute Gasteiger partial charge is 0.543 e. The predicted octanol–water partition coefficient (Wildman–Crippen LogP) is 0.936. The van der Waals surface area contributed by atoms with Crippen molar-refractivity contribution in [2.24, 2.45) is 0 Å². The van der Waals surface area contributed by atoms with Gasteiger partial charge in [0.2, 0.25) is 5.91 Å². The zero-order valence-corrected chi connectivity index (χ0v) is 23.1. The van der Waals surface area contributed by atoms with Gasteiger partial charge in [0.25, 0.3) is 0 Å². The minimum atomic E-state index is -2.19. The number of ether oxygens (including phenoxy) is 1. The lowest BCUT2D eigenvalue weighted by Gasteiger charge is -2.38. The first-order valence-corrected chi connectivity index (χ1v) is 13.0. The summed E-state index contributed by atoms with van der Waals surface area (Å²) in [7, 11) is 1.66. The van der Waals surface area contributed by atoms with Gasteiger partial charge in [-0.15, -0.1) is 0 Å². The Kier molecular flexibility index (Phi) is 12.5. The molecule has 37 heavy (non-hydrogen) atoms. The Labute approximate surface area is 226 Å². The van der Waals surface area contributed by atoms with Crippen LogP contribution in [0.1, 0.15) is 25.8 Å². The molecule has 10 heteroatoms. The van der Waals surface area contributed by atoms with Crippen molar-refractivity contribution in [2.75, 3.05) is 51.3 Å². The number of carboxylic acid groups (broad SMARTS) is 2. The Morgan fingerprint density at radius 2 is 1.49 bits per heavy atom. The third kappa shape index (κ3) is 10.1. The number of anilines is 1. The second-order valence-electron chi connectivity index (χ2n) is 8.76. The van der Waals surface area contributed by atoms with Gasteiger partial charge in [-0.05, 0) is 55.3 Å². The molecule has 0 saturated carbocycles. The van der Waals surface area contributed by atoms with Crippen LogP contribution < -0.4 is 19.8 Å². The Morgan fingerprint density at radius 1 is 0.946 bits per heavy atom. The number of halogens is 1. The Balaban J connectivity index is 0.000000717. The molecule has 1 aliphatic rings. The van der Waals surface area contributed by atoms with Gasteiger partial charge >= 0.3 is 0 Å². The third-order valence-corrected chi connectivity index (χ3v) is 6.68. The van der Waals surface area contributed by atoms with Gasteiger partial charge in [0.05, 0.1) is 19.0 Å². The molecular weight excluding hydrogens is 542 g/mol. The zero-order chi connectivity index (χ0) is 27.4. The minimum absolute atomic E-state index is 0.121. The fraction of sp³-hybridized carbons (Fsp3) is 0.444. The average molecular weight is 576 g/mol. The molecule has 0 bridgehead atoms. The number of hydrogen-bond acceptors (Lipinski definition) is 8. The maximum Gasteiger partial charge on any atom is 0.226 e. The molecule has 2 aromatic carbocycles. The zero-order valence-electron chi connectivity index (χ0n) is 21.5. The molecule has 1 atom stereocenters. The average Bonchev–Trinajstić information content (AvgIpc) is 2.90.